The summed E-state index contributed by atoms with van der Waals surface area (Å²) in [4.78, 5) is 22.1. The van der Waals surface area contributed by atoms with Crippen LogP contribution in [-0.2, 0) is 0 Å². The first-order valence-electron chi connectivity index (χ1n) is 5.20. The number of nitro groups is 1. The number of carbonyl (C=O) groups is 1. The summed E-state index contributed by atoms with van der Waals surface area (Å²) in [6.45, 7) is 2.54. The van der Waals surface area contributed by atoms with Gasteiger partial charge in [0.2, 0.25) is 0 Å². The summed E-state index contributed by atoms with van der Waals surface area (Å²) < 4.78 is 0.701. The third-order valence-corrected chi connectivity index (χ3v) is 4.27. The Kier molecular flexibility index (Phi) is 5.86. The van der Waals surface area contributed by atoms with E-state index < -0.39 is 4.92 Å². The van der Waals surface area contributed by atoms with E-state index in [9.17, 15) is 14.9 Å². The van der Waals surface area contributed by atoms with Crippen LogP contribution in [0.5, 0.6) is 0 Å². The molecular formula is C11H13IN2O3S. The zero-order valence-electron chi connectivity index (χ0n) is 9.97. The molecule has 1 N–H and O–H groups in total. The lowest BCUT2D eigenvalue weighted by molar-refractivity contribution is -0.384. The lowest BCUT2D eigenvalue weighted by atomic mass is 10.2. The number of rotatable bonds is 5. The predicted molar refractivity (Wildman–Crippen MR) is 81.1 cm³/mol. The maximum atomic E-state index is 11.9. The van der Waals surface area contributed by atoms with Gasteiger partial charge in [0.1, 0.15) is 0 Å². The van der Waals surface area contributed by atoms with E-state index >= 15 is 0 Å². The second kappa shape index (κ2) is 6.93. The molecule has 0 radical (unpaired) electrons. The summed E-state index contributed by atoms with van der Waals surface area (Å²) in [6.07, 6.45) is 1.97. The van der Waals surface area contributed by atoms with Gasteiger partial charge in [-0.2, -0.15) is 11.8 Å². The van der Waals surface area contributed by atoms with E-state index in [4.69, 9.17) is 0 Å². The Labute approximate surface area is 123 Å². The number of carbonyl (C=O) groups excluding carboxylic acids is 1. The first kappa shape index (κ1) is 15.2. The van der Waals surface area contributed by atoms with Gasteiger partial charge >= 0.3 is 0 Å². The fourth-order valence-corrected chi connectivity index (χ4v) is 2.05. The van der Waals surface area contributed by atoms with Crippen molar-refractivity contribution in [2.45, 2.75) is 12.2 Å². The van der Waals surface area contributed by atoms with Crippen molar-refractivity contribution in [3.8, 4) is 0 Å². The Morgan fingerprint density at radius 1 is 1.61 bits per heavy atom. The highest BCUT2D eigenvalue weighted by Crippen LogP contribution is 2.19. The highest BCUT2D eigenvalue weighted by atomic mass is 127. The van der Waals surface area contributed by atoms with Gasteiger partial charge in [-0.1, -0.05) is 6.92 Å². The lowest BCUT2D eigenvalue weighted by Gasteiger charge is -2.10. The first-order valence-corrected chi connectivity index (χ1v) is 7.57. The van der Waals surface area contributed by atoms with E-state index in [0.29, 0.717) is 20.9 Å². The van der Waals surface area contributed by atoms with Crippen LogP contribution in [0.3, 0.4) is 0 Å². The van der Waals surface area contributed by atoms with Gasteiger partial charge in [-0.3, -0.25) is 14.9 Å². The third-order valence-electron chi connectivity index (χ3n) is 2.36. The maximum absolute atomic E-state index is 11.9. The topological polar surface area (TPSA) is 72.2 Å². The second-order valence-corrected chi connectivity index (χ2v) is 6.12. The molecule has 0 saturated carbocycles. The van der Waals surface area contributed by atoms with Crippen LogP contribution in [0.1, 0.15) is 17.3 Å². The zero-order valence-corrected chi connectivity index (χ0v) is 12.9. The Morgan fingerprint density at radius 2 is 2.28 bits per heavy atom. The van der Waals surface area contributed by atoms with Crippen molar-refractivity contribution in [2.75, 3.05) is 12.8 Å². The Morgan fingerprint density at radius 3 is 2.83 bits per heavy atom. The number of hydrogen-bond acceptors (Lipinski definition) is 4. The van der Waals surface area contributed by atoms with Crippen molar-refractivity contribution in [2.24, 2.45) is 0 Å². The van der Waals surface area contributed by atoms with Gasteiger partial charge in [-0.15, -0.1) is 0 Å². The standard InChI is InChI=1S/C11H13IN2O3S/c1-7(18-2)6-13-11(15)9-5-8(14(16)17)3-4-10(9)12/h3-5,7H,6H2,1-2H3,(H,13,15). The third kappa shape index (κ3) is 4.13. The average Bonchev–Trinajstić information content (AvgIpc) is 2.35. The maximum Gasteiger partial charge on any atom is 0.270 e. The van der Waals surface area contributed by atoms with Gasteiger partial charge in [0.25, 0.3) is 11.6 Å². The van der Waals surface area contributed by atoms with Gasteiger partial charge in [0.15, 0.2) is 0 Å². The molecule has 5 nitrogen and oxygen atoms in total. The van der Waals surface area contributed by atoms with E-state index in [1.54, 1.807) is 17.8 Å². The summed E-state index contributed by atoms with van der Waals surface area (Å²) in [5.74, 6) is -0.274. The van der Waals surface area contributed by atoms with Crippen molar-refractivity contribution >= 4 is 45.9 Å². The highest BCUT2D eigenvalue weighted by Gasteiger charge is 2.15. The minimum absolute atomic E-state index is 0.0709. The fraction of sp³-hybridized carbons (Fsp3) is 0.364. The normalized spacial score (nSPS) is 11.9. The number of halogens is 1. The van der Waals surface area contributed by atoms with Crippen LogP contribution in [0, 0.1) is 13.7 Å². The SMILES string of the molecule is CSC(C)CNC(=O)c1cc([N+](=O)[O-])ccc1I. The lowest BCUT2D eigenvalue weighted by Crippen LogP contribution is -2.29. The van der Waals surface area contributed by atoms with Gasteiger partial charge < -0.3 is 5.32 Å². The van der Waals surface area contributed by atoms with Crippen LogP contribution >= 0.6 is 34.4 Å². The molecule has 0 bridgehead atoms. The number of amides is 1. The summed E-state index contributed by atoms with van der Waals surface area (Å²) >= 11 is 3.64. The monoisotopic (exact) mass is 380 g/mol. The molecule has 1 unspecified atom stereocenters. The van der Waals surface area contributed by atoms with Crippen LogP contribution in [0.2, 0.25) is 0 Å². The van der Waals surface area contributed by atoms with Crippen molar-refractivity contribution in [3.63, 3.8) is 0 Å². The minimum atomic E-state index is -0.503. The van der Waals surface area contributed by atoms with Crippen molar-refractivity contribution in [1.82, 2.24) is 5.32 Å². The molecule has 1 rings (SSSR count). The Bertz CT molecular complexity index is 468. The highest BCUT2D eigenvalue weighted by molar-refractivity contribution is 14.1. The molecule has 7 heteroatoms. The predicted octanol–water partition coefficient (Wildman–Crippen LogP) is 2.68. The quantitative estimate of drug-likeness (QED) is 0.484. The van der Waals surface area contributed by atoms with E-state index in [2.05, 4.69) is 5.32 Å². The van der Waals surface area contributed by atoms with Crippen LogP contribution in [-0.4, -0.2) is 28.9 Å². The molecule has 1 amide bonds. The molecule has 98 valence electrons. The van der Waals surface area contributed by atoms with Crippen LogP contribution in [0.15, 0.2) is 18.2 Å². The number of nitro benzene ring substituents is 1. The average molecular weight is 380 g/mol. The number of thioether (sulfide) groups is 1. The first-order chi connectivity index (χ1) is 8.45. The van der Waals surface area contributed by atoms with E-state index in [0.717, 1.165) is 0 Å². The molecule has 0 aliphatic rings. The second-order valence-electron chi connectivity index (χ2n) is 3.68. The largest absolute Gasteiger partial charge is 0.351 e. The van der Waals surface area contributed by atoms with Crippen LogP contribution in [0.4, 0.5) is 5.69 Å². The summed E-state index contributed by atoms with van der Waals surface area (Å²) in [6, 6.07) is 4.27. The summed E-state index contributed by atoms with van der Waals surface area (Å²) in [5.41, 5.74) is 0.275. The van der Waals surface area contributed by atoms with Crippen molar-refractivity contribution in [3.05, 3.63) is 37.4 Å². The van der Waals surface area contributed by atoms with E-state index in [1.807, 2.05) is 35.8 Å². The summed E-state index contributed by atoms with van der Waals surface area (Å²) in [7, 11) is 0. The molecule has 0 aliphatic heterocycles. The van der Waals surface area contributed by atoms with E-state index in [1.165, 1.54) is 12.1 Å². The zero-order chi connectivity index (χ0) is 13.7. The Balaban J connectivity index is 2.84. The Hall–Kier alpha value is -0.830. The molecule has 1 atom stereocenters. The fourth-order valence-electron chi connectivity index (χ4n) is 1.22. The van der Waals surface area contributed by atoms with Crippen LogP contribution < -0.4 is 5.32 Å². The molecule has 0 heterocycles. The van der Waals surface area contributed by atoms with Crippen molar-refractivity contribution in [1.29, 1.82) is 0 Å². The molecule has 0 aromatic heterocycles. The summed E-state index contributed by atoms with van der Waals surface area (Å²) in [5, 5.41) is 13.7. The van der Waals surface area contributed by atoms with Crippen molar-refractivity contribution < 1.29 is 9.72 Å². The number of benzene rings is 1. The number of nitrogens with zero attached hydrogens (tertiary/aromatic N) is 1. The smallest absolute Gasteiger partial charge is 0.270 e. The van der Waals surface area contributed by atoms with E-state index in [-0.39, 0.29) is 11.6 Å². The van der Waals surface area contributed by atoms with Crippen LogP contribution in [0.25, 0.3) is 0 Å². The molecule has 0 fully saturated rings. The molecule has 18 heavy (non-hydrogen) atoms. The van der Waals surface area contributed by atoms with Gasteiger partial charge in [-0.05, 0) is 34.9 Å². The molecular weight excluding hydrogens is 367 g/mol. The molecule has 0 aliphatic carbocycles. The number of hydrogen-bond donors (Lipinski definition) is 1. The number of nitrogens with one attached hydrogen (secondary N) is 1. The molecule has 0 saturated heterocycles. The molecule has 1 aromatic rings. The molecule has 1 aromatic carbocycles. The molecule has 0 spiro atoms. The number of non-ortho nitro benzene ring substituents is 1. The van der Waals surface area contributed by atoms with Gasteiger partial charge in [0, 0.05) is 27.5 Å². The van der Waals surface area contributed by atoms with Gasteiger partial charge in [-0.25, -0.2) is 0 Å². The minimum Gasteiger partial charge on any atom is -0.351 e. The van der Waals surface area contributed by atoms with Gasteiger partial charge in [0.05, 0.1) is 10.5 Å².